The van der Waals surface area contributed by atoms with Gasteiger partial charge in [-0.25, -0.2) is 9.97 Å². The molecule has 3 heterocycles. The molecule has 0 radical (unpaired) electrons. The molecule has 1 saturated heterocycles. The van der Waals surface area contributed by atoms with Crippen LogP contribution >= 0.6 is 0 Å². The molecule has 27 heavy (non-hydrogen) atoms. The lowest BCUT2D eigenvalue weighted by molar-refractivity contribution is -0.384. The predicted octanol–water partition coefficient (Wildman–Crippen LogP) is 2.21. The Morgan fingerprint density at radius 2 is 1.78 bits per heavy atom. The van der Waals surface area contributed by atoms with Gasteiger partial charge in [-0.15, -0.1) is 0 Å². The van der Waals surface area contributed by atoms with Crippen LogP contribution in [-0.4, -0.2) is 50.9 Å². The van der Waals surface area contributed by atoms with Crippen molar-refractivity contribution in [1.82, 2.24) is 19.7 Å². The summed E-state index contributed by atoms with van der Waals surface area (Å²) >= 11 is 0. The summed E-state index contributed by atoms with van der Waals surface area (Å²) in [5.41, 5.74) is 2.54. The number of aryl methyl sites for hydroxylation is 3. The second-order valence-electron chi connectivity index (χ2n) is 6.82. The van der Waals surface area contributed by atoms with E-state index < -0.39 is 0 Å². The molecule has 9 nitrogen and oxygen atoms in total. The topological polar surface area (TPSA) is 93.2 Å². The third-order valence-corrected chi connectivity index (χ3v) is 4.93. The number of nitro benzene ring substituents is 1. The van der Waals surface area contributed by atoms with Gasteiger partial charge in [-0.2, -0.15) is 5.10 Å². The summed E-state index contributed by atoms with van der Waals surface area (Å²) in [7, 11) is 1.87. The van der Waals surface area contributed by atoms with Gasteiger partial charge in [0.1, 0.15) is 17.3 Å². The van der Waals surface area contributed by atoms with Gasteiger partial charge in [0.05, 0.1) is 16.5 Å². The van der Waals surface area contributed by atoms with Gasteiger partial charge in [-0.3, -0.25) is 14.8 Å². The van der Waals surface area contributed by atoms with Crippen LogP contribution in [0.1, 0.15) is 11.4 Å². The smallest absolute Gasteiger partial charge is 0.292 e. The van der Waals surface area contributed by atoms with Gasteiger partial charge in [-0.1, -0.05) is 6.07 Å². The number of benzene rings is 1. The van der Waals surface area contributed by atoms with E-state index in [1.807, 2.05) is 33.0 Å². The number of rotatable bonds is 3. The minimum atomic E-state index is -0.304. The van der Waals surface area contributed by atoms with Gasteiger partial charge >= 0.3 is 0 Å². The highest BCUT2D eigenvalue weighted by atomic mass is 16.6. The molecule has 0 bridgehead atoms. The number of hydrogen-bond acceptors (Lipinski definition) is 7. The fourth-order valence-electron chi connectivity index (χ4n) is 3.56. The fraction of sp³-hybridized carbons (Fsp3) is 0.389. The maximum atomic E-state index is 11.4. The second kappa shape index (κ2) is 6.49. The van der Waals surface area contributed by atoms with Crippen LogP contribution in [0.15, 0.2) is 24.4 Å². The fourth-order valence-corrected chi connectivity index (χ4v) is 3.56. The summed E-state index contributed by atoms with van der Waals surface area (Å²) in [5, 5.41) is 16.7. The highest BCUT2D eigenvalue weighted by Gasteiger charge is 2.25. The van der Waals surface area contributed by atoms with Crippen LogP contribution < -0.4 is 9.80 Å². The van der Waals surface area contributed by atoms with Crippen LogP contribution in [0.5, 0.6) is 0 Å². The lowest BCUT2D eigenvalue weighted by atomic mass is 10.1. The monoisotopic (exact) mass is 367 g/mol. The van der Waals surface area contributed by atoms with Crippen LogP contribution in [-0.2, 0) is 7.05 Å². The maximum absolute atomic E-state index is 11.4. The van der Waals surface area contributed by atoms with Crippen molar-refractivity contribution in [3.8, 4) is 0 Å². The molecule has 140 valence electrons. The highest BCUT2D eigenvalue weighted by Crippen LogP contribution is 2.31. The third kappa shape index (κ3) is 3.05. The summed E-state index contributed by atoms with van der Waals surface area (Å²) < 4.78 is 1.75. The molecule has 1 fully saturated rings. The molecule has 3 aromatic rings. The predicted molar refractivity (Wildman–Crippen MR) is 103 cm³/mol. The summed E-state index contributed by atoms with van der Waals surface area (Å²) in [5.74, 6) is 1.58. The zero-order chi connectivity index (χ0) is 19.1. The Bertz CT molecular complexity index is 1020. The molecule has 9 heteroatoms. The zero-order valence-corrected chi connectivity index (χ0v) is 15.6. The van der Waals surface area contributed by atoms with E-state index in [9.17, 15) is 10.1 Å². The molecule has 0 unspecified atom stereocenters. The van der Waals surface area contributed by atoms with Crippen molar-refractivity contribution >= 4 is 28.2 Å². The first kappa shape index (κ1) is 17.2. The van der Waals surface area contributed by atoms with Crippen LogP contribution in [0.25, 0.3) is 11.0 Å². The van der Waals surface area contributed by atoms with Crippen molar-refractivity contribution in [2.24, 2.45) is 7.05 Å². The quantitative estimate of drug-likeness (QED) is 0.517. The van der Waals surface area contributed by atoms with Crippen molar-refractivity contribution in [2.45, 2.75) is 13.8 Å². The number of fused-ring (bicyclic) bond motifs is 1. The number of anilines is 2. The first-order chi connectivity index (χ1) is 12.9. The molecule has 1 aromatic carbocycles. The SMILES string of the molecule is Cc1ccc(N2CCN(c3nc(C)nc4c3cnn4C)CC2)c([N+](=O)[O-])c1. The Labute approximate surface area is 156 Å². The van der Waals surface area contributed by atoms with E-state index in [-0.39, 0.29) is 10.6 Å². The van der Waals surface area contributed by atoms with Crippen molar-refractivity contribution in [1.29, 1.82) is 0 Å². The molecule has 0 aliphatic carbocycles. The first-order valence-corrected chi connectivity index (χ1v) is 8.85. The number of hydrogen-bond donors (Lipinski definition) is 0. The Hall–Kier alpha value is -3.23. The molecule has 1 aliphatic heterocycles. The number of nitro groups is 1. The van der Waals surface area contributed by atoms with Crippen molar-refractivity contribution in [3.63, 3.8) is 0 Å². The average molecular weight is 367 g/mol. The van der Waals surface area contributed by atoms with E-state index in [0.29, 0.717) is 24.6 Å². The Morgan fingerprint density at radius 1 is 1.07 bits per heavy atom. The van der Waals surface area contributed by atoms with Gasteiger partial charge in [0, 0.05) is 39.3 Å². The van der Waals surface area contributed by atoms with Gasteiger partial charge < -0.3 is 9.80 Å². The third-order valence-electron chi connectivity index (χ3n) is 4.93. The van der Waals surface area contributed by atoms with Crippen LogP contribution in [0.4, 0.5) is 17.2 Å². The maximum Gasteiger partial charge on any atom is 0.292 e. The Kier molecular flexibility index (Phi) is 4.14. The molecular formula is C18H21N7O2. The van der Waals surface area contributed by atoms with E-state index >= 15 is 0 Å². The van der Waals surface area contributed by atoms with E-state index in [1.54, 1.807) is 16.9 Å². The Morgan fingerprint density at radius 3 is 2.48 bits per heavy atom. The van der Waals surface area contributed by atoms with Gasteiger partial charge in [-0.05, 0) is 25.5 Å². The van der Waals surface area contributed by atoms with Crippen LogP contribution in [0.2, 0.25) is 0 Å². The van der Waals surface area contributed by atoms with Crippen molar-refractivity contribution in [3.05, 3.63) is 45.9 Å². The van der Waals surface area contributed by atoms with Gasteiger partial charge in [0.25, 0.3) is 5.69 Å². The average Bonchev–Trinajstić information content (AvgIpc) is 3.02. The number of piperazine rings is 1. The second-order valence-corrected chi connectivity index (χ2v) is 6.82. The number of aromatic nitrogens is 4. The summed E-state index contributed by atoms with van der Waals surface area (Å²) in [6.45, 7) is 6.58. The molecule has 2 aromatic heterocycles. The van der Waals surface area contributed by atoms with Crippen LogP contribution in [0.3, 0.4) is 0 Å². The van der Waals surface area contributed by atoms with E-state index in [0.717, 1.165) is 35.5 Å². The molecule has 4 rings (SSSR count). The highest BCUT2D eigenvalue weighted by molar-refractivity contribution is 5.87. The summed E-state index contributed by atoms with van der Waals surface area (Å²) in [6.07, 6.45) is 1.79. The molecule has 1 aliphatic rings. The van der Waals surface area contributed by atoms with Crippen molar-refractivity contribution < 1.29 is 4.92 Å². The number of nitrogens with zero attached hydrogens (tertiary/aromatic N) is 7. The van der Waals surface area contributed by atoms with E-state index in [2.05, 4.69) is 24.9 Å². The molecule has 0 N–H and O–H groups in total. The molecular weight excluding hydrogens is 346 g/mol. The van der Waals surface area contributed by atoms with Gasteiger partial charge in [0.15, 0.2) is 5.65 Å². The van der Waals surface area contributed by atoms with Crippen molar-refractivity contribution in [2.75, 3.05) is 36.0 Å². The van der Waals surface area contributed by atoms with Gasteiger partial charge in [0.2, 0.25) is 0 Å². The van der Waals surface area contributed by atoms with E-state index in [4.69, 9.17) is 0 Å². The Balaban J connectivity index is 1.60. The molecule has 0 saturated carbocycles. The first-order valence-electron chi connectivity index (χ1n) is 8.85. The summed E-state index contributed by atoms with van der Waals surface area (Å²) in [6, 6.07) is 5.40. The molecule has 0 atom stereocenters. The molecule has 0 spiro atoms. The normalized spacial score (nSPS) is 14.8. The lowest BCUT2D eigenvalue weighted by Gasteiger charge is -2.36. The largest absolute Gasteiger partial charge is 0.362 e. The minimum absolute atomic E-state index is 0.163. The van der Waals surface area contributed by atoms with Crippen LogP contribution in [0, 0.1) is 24.0 Å². The molecule has 0 amide bonds. The lowest BCUT2D eigenvalue weighted by Crippen LogP contribution is -2.47. The standard InChI is InChI=1S/C18H21N7O2/c1-12-4-5-15(16(10-12)25(26)27)23-6-8-24(9-7-23)18-14-11-19-22(3)17(14)20-13(2)21-18/h4-5,10-11H,6-9H2,1-3H3. The zero-order valence-electron chi connectivity index (χ0n) is 15.6. The summed E-state index contributed by atoms with van der Waals surface area (Å²) in [4.78, 5) is 24.5. The van der Waals surface area contributed by atoms with E-state index in [1.165, 1.54) is 0 Å². The minimum Gasteiger partial charge on any atom is -0.362 e.